The Kier molecular flexibility index (Phi) is 4.81. The van der Waals surface area contributed by atoms with Gasteiger partial charge < -0.3 is 10.6 Å². The highest BCUT2D eigenvalue weighted by Crippen LogP contribution is 2.27. The third kappa shape index (κ3) is 3.93. The summed E-state index contributed by atoms with van der Waals surface area (Å²) in [6.07, 6.45) is 4.46. The zero-order chi connectivity index (χ0) is 13.8. The van der Waals surface area contributed by atoms with E-state index in [0.29, 0.717) is 0 Å². The van der Waals surface area contributed by atoms with Gasteiger partial charge in [-0.1, -0.05) is 6.92 Å². The summed E-state index contributed by atoms with van der Waals surface area (Å²) >= 11 is 0. The lowest BCUT2D eigenvalue weighted by Gasteiger charge is -2.26. The van der Waals surface area contributed by atoms with Crippen molar-refractivity contribution in [3.63, 3.8) is 0 Å². The van der Waals surface area contributed by atoms with Gasteiger partial charge in [-0.25, -0.2) is 4.39 Å². The fraction of sp³-hybridized carbons (Fsp3) is 0.625. The largest absolute Gasteiger partial charge is 0.371 e. The molecule has 0 saturated carbocycles. The Balaban J connectivity index is 2.22. The first-order valence-corrected chi connectivity index (χ1v) is 7.35. The lowest BCUT2D eigenvalue weighted by Crippen LogP contribution is -2.27. The summed E-state index contributed by atoms with van der Waals surface area (Å²) in [6, 6.07) is 5.19. The maximum absolute atomic E-state index is 13.4. The average Bonchev–Trinajstić information content (AvgIpc) is 2.54. The zero-order valence-corrected chi connectivity index (χ0v) is 12.0. The van der Waals surface area contributed by atoms with Crippen LogP contribution in [0.3, 0.4) is 0 Å². The Bertz CT molecular complexity index is 417. The zero-order valence-electron chi connectivity index (χ0n) is 12.0. The van der Waals surface area contributed by atoms with Crippen molar-refractivity contribution in [1.82, 2.24) is 0 Å². The Morgan fingerprint density at radius 2 is 2.16 bits per heavy atom. The van der Waals surface area contributed by atoms with Gasteiger partial charge in [0.25, 0.3) is 0 Å². The summed E-state index contributed by atoms with van der Waals surface area (Å²) in [4.78, 5) is 2.40. The molecule has 1 aromatic rings. The van der Waals surface area contributed by atoms with Crippen molar-refractivity contribution in [3.05, 3.63) is 29.6 Å². The van der Waals surface area contributed by atoms with Crippen LogP contribution in [0.25, 0.3) is 0 Å². The lowest BCUT2D eigenvalue weighted by molar-refractivity contribution is 0.521. The fourth-order valence-electron chi connectivity index (χ4n) is 2.88. The third-order valence-corrected chi connectivity index (χ3v) is 3.94. The van der Waals surface area contributed by atoms with Crippen molar-refractivity contribution in [2.24, 2.45) is 11.7 Å². The van der Waals surface area contributed by atoms with E-state index < -0.39 is 0 Å². The topological polar surface area (TPSA) is 29.3 Å². The highest BCUT2D eigenvalue weighted by molar-refractivity contribution is 5.54. The SMILES string of the molecule is CC(N)Cc1cc(F)ccc1N1CCCC(C)CC1. The van der Waals surface area contributed by atoms with Crippen LogP contribution in [0.4, 0.5) is 10.1 Å². The van der Waals surface area contributed by atoms with Crippen molar-refractivity contribution in [3.8, 4) is 0 Å². The van der Waals surface area contributed by atoms with Crippen LogP contribution in [0.5, 0.6) is 0 Å². The second-order valence-corrected chi connectivity index (χ2v) is 5.98. The normalized spacial score (nSPS) is 22.1. The van der Waals surface area contributed by atoms with E-state index in [-0.39, 0.29) is 11.9 Å². The summed E-state index contributed by atoms with van der Waals surface area (Å²) in [5.74, 6) is 0.630. The molecule has 1 aliphatic heterocycles. The van der Waals surface area contributed by atoms with Gasteiger partial charge in [0.05, 0.1) is 0 Å². The van der Waals surface area contributed by atoms with Crippen molar-refractivity contribution in [1.29, 1.82) is 0 Å². The first-order chi connectivity index (χ1) is 9.06. The third-order valence-electron chi connectivity index (χ3n) is 3.94. The quantitative estimate of drug-likeness (QED) is 0.907. The summed E-state index contributed by atoms with van der Waals surface area (Å²) in [5.41, 5.74) is 8.10. The number of nitrogens with zero attached hydrogens (tertiary/aromatic N) is 1. The molecule has 1 aliphatic rings. The van der Waals surface area contributed by atoms with Crippen LogP contribution in [-0.2, 0) is 6.42 Å². The van der Waals surface area contributed by atoms with Crippen LogP contribution in [0.1, 0.15) is 38.7 Å². The predicted octanol–water partition coefficient (Wildman–Crippen LogP) is 3.34. The van der Waals surface area contributed by atoms with Gasteiger partial charge in [0.2, 0.25) is 0 Å². The van der Waals surface area contributed by atoms with Crippen LogP contribution in [0.15, 0.2) is 18.2 Å². The Morgan fingerprint density at radius 3 is 2.89 bits per heavy atom. The molecule has 2 unspecified atom stereocenters. The van der Waals surface area contributed by atoms with Gasteiger partial charge >= 0.3 is 0 Å². The van der Waals surface area contributed by atoms with Gasteiger partial charge in [0, 0.05) is 24.8 Å². The molecule has 1 heterocycles. The molecule has 1 saturated heterocycles. The molecule has 106 valence electrons. The molecule has 1 aromatic carbocycles. The molecule has 0 radical (unpaired) electrons. The summed E-state index contributed by atoms with van der Waals surface area (Å²) in [6.45, 7) is 6.43. The van der Waals surface area contributed by atoms with Gasteiger partial charge in [0.1, 0.15) is 5.82 Å². The van der Waals surface area contributed by atoms with E-state index >= 15 is 0 Å². The van der Waals surface area contributed by atoms with E-state index in [1.54, 1.807) is 12.1 Å². The van der Waals surface area contributed by atoms with Crippen LogP contribution in [0.2, 0.25) is 0 Å². The van der Waals surface area contributed by atoms with Crippen LogP contribution in [-0.4, -0.2) is 19.1 Å². The van der Waals surface area contributed by atoms with E-state index in [0.717, 1.165) is 31.0 Å². The minimum Gasteiger partial charge on any atom is -0.371 e. The van der Waals surface area contributed by atoms with E-state index in [1.807, 2.05) is 13.0 Å². The Hall–Kier alpha value is -1.09. The van der Waals surface area contributed by atoms with Gasteiger partial charge in [-0.3, -0.25) is 0 Å². The summed E-state index contributed by atoms with van der Waals surface area (Å²) in [7, 11) is 0. The second-order valence-electron chi connectivity index (χ2n) is 5.98. The molecule has 0 bridgehead atoms. The first-order valence-electron chi connectivity index (χ1n) is 7.35. The average molecular weight is 264 g/mol. The van der Waals surface area contributed by atoms with E-state index in [1.165, 1.54) is 24.9 Å². The van der Waals surface area contributed by atoms with E-state index in [4.69, 9.17) is 5.73 Å². The maximum atomic E-state index is 13.4. The number of benzene rings is 1. The van der Waals surface area contributed by atoms with Crippen molar-refractivity contribution in [2.75, 3.05) is 18.0 Å². The molecule has 3 heteroatoms. The molecule has 2 atom stereocenters. The van der Waals surface area contributed by atoms with Crippen LogP contribution < -0.4 is 10.6 Å². The number of rotatable bonds is 3. The van der Waals surface area contributed by atoms with Gasteiger partial charge in [-0.15, -0.1) is 0 Å². The number of nitrogens with two attached hydrogens (primary N) is 1. The monoisotopic (exact) mass is 264 g/mol. The number of hydrogen-bond acceptors (Lipinski definition) is 2. The van der Waals surface area contributed by atoms with Crippen LogP contribution in [0, 0.1) is 11.7 Å². The Morgan fingerprint density at radius 1 is 1.37 bits per heavy atom. The predicted molar refractivity (Wildman–Crippen MR) is 79.0 cm³/mol. The van der Waals surface area contributed by atoms with Crippen molar-refractivity contribution in [2.45, 2.75) is 45.6 Å². The smallest absolute Gasteiger partial charge is 0.123 e. The summed E-state index contributed by atoms with van der Waals surface area (Å²) in [5, 5.41) is 0. The molecular weight excluding hydrogens is 239 g/mol. The number of halogens is 1. The molecule has 0 aromatic heterocycles. The molecule has 0 spiro atoms. The minimum absolute atomic E-state index is 0.0615. The van der Waals surface area contributed by atoms with E-state index in [9.17, 15) is 4.39 Å². The van der Waals surface area contributed by atoms with E-state index in [2.05, 4.69) is 11.8 Å². The molecule has 2 rings (SSSR count). The maximum Gasteiger partial charge on any atom is 0.123 e. The van der Waals surface area contributed by atoms with Crippen molar-refractivity contribution >= 4 is 5.69 Å². The first kappa shape index (κ1) is 14.3. The Labute approximate surface area is 115 Å². The molecule has 0 amide bonds. The highest BCUT2D eigenvalue weighted by atomic mass is 19.1. The lowest BCUT2D eigenvalue weighted by atomic mass is 10.0. The van der Waals surface area contributed by atoms with Gasteiger partial charge in [-0.05, 0) is 62.3 Å². The van der Waals surface area contributed by atoms with Crippen LogP contribution >= 0.6 is 0 Å². The minimum atomic E-state index is -0.164. The molecular formula is C16H25FN2. The molecule has 19 heavy (non-hydrogen) atoms. The molecule has 2 N–H and O–H groups in total. The standard InChI is InChI=1S/C16H25FN2/c1-12-4-3-8-19(9-7-12)16-6-5-15(17)11-14(16)10-13(2)18/h5-6,11-13H,3-4,7-10,18H2,1-2H3. The molecule has 2 nitrogen and oxygen atoms in total. The van der Waals surface area contributed by atoms with Gasteiger partial charge in [-0.2, -0.15) is 0 Å². The number of hydrogen-bond donors (Lipinski definition) is 1. The summed E-state index contributed by atoms with van der Waals surface area (Å²) < 4.78 is 13.4. The molecule has 0 aliphatic carbocycles. The number of anilines is 1. The van der Waals surface area contributed by atoms with Gasteiger partial charge in [0.15, 0.2) is 0 Å². The molecule has 1 fully saturated rings. The second kappa shape index (κ2) is 6.38. The highest BCUT2D eigenvalue weighted by Gasteiger charge is 2.17. The fourth-order valence-corrected chi connectivity index (χ4v) is 2.88. The van der Waals surface area contributed by atoms with Crippen molar-refractivity contribution < 1.29 is 4.39 Å².